The third-order valence-electron chi connectivity index (χ3n) is 3.46. The maximum absolute atomic E-state index is 13.1. The predicted octanol–water partition coefficient (Wildman–Crippen LogP) is 3.54. The Balaban J connectivity index is 1.67. The summed E-state index contributed by atoms with van der Waals surface area (Å²) in [5, 5.41) is 3.27. The van der Waals surface area contributed by atoms with Gasteiger partial charge in [-0.1, -0.05) is 22.0 Å². The van der Waals surface area contributed by atoms with Gasteiger partial charge in [0.25, 0.3) is 0 Å². The fourth-order valence-electron chi connectivity index (χ4n) is 2.26. The quantitative estimate of drug-likeness (QED) is 0.875. The fourth-order valence-corrected chi connectivity index (χ4v) is 3.65. The number of anilines is 2. The van der Waals surface area contributed by atoms with E-state index in [9.17, 15) is 4.39 Å². The molecule has 2 aromatic rings. The SMILES string of the molecule is Fc1ccc(CNc2cc(N3CCSCC3)ncn2)c(Br)c1. The van der Waals surface area contributed by atoms with Crippen molar-refractivity contribution in [2.45, 2.75) is 6.54 Å². The van der Waals surface area contributed by atoms with Crippen molar-refractivity contribution in [1.82, 2.24) is 9.97 Å². The van der Waals surface area contributed by atoms with Crippen LogP contribution in [0.3, 0.4) is 0 Å². The average Bonchev–Trinajstić information content (AvgIpc) is 2.55. The minimum Gasteiger partial charge on any atom is -0.366 e. The molecule has 1 aromatic heterocycles. The van der Waals surface area contributed by atoms with E-state index in [1.54, 1.807) is 12.4 Å². The lowest BCUT2D eigenvalue weighted by Crippen LogP contribution is -2.33. The zero-order valence-electron chi connectivity index (χ0n) is 11.9. The van der Waals surface area contributed by atoms with Crippen molar-refractivity contribution in [3.05, 3.63) is 46.4 Å². The van der Waals surface area contributed by atoms with Gasteiger partial charge in [0.05, 0.1) is 0 Å². The number of thioether (sulfide) groups is 1. The molecule has 3 rings (SSSR count). The summed E-state index contributed by atoms with van der Waals surface area (Å²) in [7, 11) is 0. The van der Waals surface area contributed by atoms with E-state index in [1.807, 2.05) is 17.8 Å². The molecule has 0 atom stereocenters. The Morgan fingerprint density at radius 3 is 2.82 bits per heavy atom. The molecule has 2 heterocycles. The van der Waals surface area contributed by atoms with E-state index in [4.69, 9.17) is 0 Å². The van der Waals surface area contributed by atoms with Crippen LogP contribution in [0.5, 0.6) is 0 Å². The first kappa shape index (κ1) is 15.6. The zero-order valence-corrected chi connectivity index (χ0v) is 14.3. The van der Waals surface area contributed by atoms with Gasteiger partial charge >= 0.3 is 0 Å². The summed E-state index contributed by atoms with van der Waals surface area (Å²) in [6, 6.07) is 6.65. The zero-order chi connectivity index (χ0) is 15.4. The second-order valence-electron chi connectivity index (χ2n) is 4.95. The highest BCUT2D eigenvalue weighted by Gasteiger charge is 2.13. The first-order chi connectivity index (χ1) is 10.7. The smallest absolute Gasteiger partial charge is 0.134 e. The van der Waals surface area contributed by atoms with Crippen molar-refractivity contribution >= 4 is 39.3 Å². The molecule has 0 saturated carbocycles. The summed E-state index contributed by atoms with van der Waals surface area (Å²) in [6.45, 7) is 2.61. The van der Waals surface area contributed by atoms with E-state index in [0.717, 1.165) is 46.3 Å². The van der Waals surface area contributed by atoms with Crippen molar-refractivity contribution in [3.8, 4) is 0 Å². The van der Waals surface area contributed by atoms with Crippen LogP contribution in [0.2, 0.25) is 0 Å². The van der Waals surface area contributed by atoms with E-state index in [0.29, 0.717) is 6.54 Å². The molecule has 0 amide bonds. The molecule has 0 radical (unpaired) electrons. The number of benzene rings is 1. The third kappa shape index (κ3) is 3.89. The van der Waals surface area contributed by atoms with Crippen LogP contribution in [-0.2, 0) is 6.54 Å². The number of hydrogen-bond donors (Lipinski definition) is 1. The molecule has 116 valence electrons. The molecule has 4 nitrogen and oxygen atoms in total. The van der Waals surface area contributed by atoms with Crippen LogP contribution in [0.25, 0.3) is 0 Å². The summed E-state index contributed by atoms with van der Waals surface area (Å²) >= 11 is 5.35. The molecule has 22 heavy (non-hydrogen) atoms. The largest absolute Gasteiger partial charge is 0.366 e. The van der Waals surface area contributed by atoms with Crippen molar-refractivity contribution in [3.63, 3.8) is 0 Å². The number of aromatic nitrogens is 2. The van der Waals surface area contributed by atoms with Gasteiger partial charge in [0.1, 0.15) is 23.8 Å². The van der Waals surface area contributed by atoms with E-state index < -0.39 is 0 Å². The Labute approximate surface area is 141 Å². The second-order valence-corrected chi connectivity index (χ2v) is 7.03. The van der Waals surface area contributed by atoms with Crippen molar-refractivity contribution in [2.75, 3.05) is 34.8 Å². The first-order valence-corrected chi connectivity index (χ1v) is 9.00. The highest BCUT2D eigenvalue weighted by Crippen LogP contribution is 2.21. The minimum atomic E-state index is -0.247. The van der Waals surface area contributed by atoms with Gasteiger partial charge < -0.3 is 10.2 Å². The maximum Gasteiger partial charge on any atom is 0.134 e. The van der Waals surface area contributed by atoms with Gasteiger partial charge in [-0.05, 0) is 17.7 Å². The van der Waals surface area contributed by atoms with Crippen molar-refractivity contribution in [2.24, 2.45) is 0 Å². The monoisotopic (exact) mass is 382 g/mol. The number of halogens is 2. The lowest BCUT2D eigenvalue weighted by Gasteiger charge is -2.27. The molecular formula is C15H16BrFN4S. The molecule has 1 N–H and O–H groups in total. The molecule has 1 aliphatic heterocycles. The van der Waals surface area contributed by atoms with Gasteiger partial charge in [0.2, 0.25) is 0 Å². The summed E-state index contributed by atoms with van der Waals surface area (Å²) in [6.07, 6.45) is 1.58. The van der Waals surface area contributed by atoms with Crippen molar-refractivity contribution in [1.29, 1.82) is 0 Å². The van der Waals surface area contributed by atoms with E-state index >= 15 is 0 Å². The summed E-state index contributed by atoms with van der Waals surface area (Å²) in [5.74, 6) is 3.75. The molecule has 7 heteroatoms. The minimum absolute atomic E-state index is 0.247. The third-order valence-corrected chi connectivity index (χ3v) is 5.14. The van der Waals surface area contributed by atoms with Crippen LogP contribution < -0.4 is 10.2 Å². The number of rotatable bonds is 4. The first-order valence-electron chi connectivity index (χ1n) is 7.05. The molecule has 0 unspecified atom stereocenters. The van der Waals surface area contributed by atoms with E-state index in [2.05, 4.69) is 36.1 Å². The van der Waals surface area contributed by atoms with Crippen LogP contribution in [0.1, 0.15) is 5.56 Å². The second kappa shape index (κ2) is 7.28. The maximum atomic E-state index is 13.1. The van der Waals surface area contributed by atoms with Gasteiger partial charge in [-0.25, -0.2) is 14.4 Å². The topological polar surface area (TPSA) is 41.0 Å². The Morgan fingerprint density at radius 1 is 1.23 bits per heavy atom. The van der Waals surface area contributed by atoms with Gasteiger partial charge in [0.15, 0.2) is 0 Å². The summed E-state index contributed by atoms with van der Waals surface area (Å²) in [5.41, 5.74) is 0.982. The number of hydrogen-bond acceptors (Lipinski definition) is 5. The predicted molar refractivity (Wildman–Crippen MR) is 93.0 cm³/mol. The fraction of sp³-hybridized carbons (Fsp3) is 0.333. The van der Waals surface area contributed by atoms with Gasteiger partial charge in [-0.2, -0.15) is 11.8 Å². The Bertz CT molecular complexity index is 649. The van der Waals surface area contributed by atoms with Crippen LogP contribution in [-0.4, -0.2) is 34.6 Å². The van der Waals surface area contributed by atoms with Crippen molar-refractivity contribution < 1.29 is 4.39 Å². The normalized spacial score (nSPS) is 14.9. The molecule has 1 saturated heterocycles. The number of nitrogens with one attached hydrogen (secondary N) is 1. The van der Waals surface area contributed by atoms with Crippen LogP contribution in [0, 0.1) is 5.82 Å². The molecular weight excluding hydrogens is 367 g/mol. The molecule has 1 aliphatic rings. The molecule has 1 fully saturated rings. The lowest BCUT2D eigenvalue weighted by molar-refractivity contribution is 0.626. The Morgan fingerprint density at radius 2 is 2.05 bits per heavy atom. The van der Waals surface area contributed by atoms with Gasteiger partial charge in [-0.3, -0.25) is 0 Å². The molecule has 1 aromatic carbocycles. The Kier molecular flexibility index (Phi) is 5.15. The van der Waals surface area contributed by atoms with Gasteiger partial charge in [0, 0.05) is 41.7 Å². The molecule has 0 bridgehead atoms. The summed E-state index contributed by atoms with van der Waals surface area (Å²) in [4.78, 5) is 10.9. The summed E-state index contributed by atoms with van der Waals surface area (Å²) < 4.78 is 13.8. The van der Waals surface area contributed by atoms with Crippen LogP contribution in [0.4, 0.5) is 16.0 Å². The van der Waals surface area contributed by atoms with E-state index in [1.165, 1.54) is 12.1 Å². The Hall–Kier alpha value is -1.34. The average molecular weight is 383 g/mol. The van der Waals surface area contributed by atoms with Gasteiger partial charge in [-0.15, -0.1) is 0 Å². The molecule has 0 spiro atoms. The highest BCUT2D eigenvalue weighted by molar-refractivity contribution is 9.10. The van der Waals surface area contributed by atoms with Crippen LogP contribution >= 0.6 is 27.7 Å². The standard InChI is InChI=1S/C15H16BrFN4S/c16-13-7-12(17)2-1-11(13)9-18-14-8-15(20-10-19-14)21-3-5-22-6-4-21/h1-2,7-8,10H,3-6,9H2,(H,18,19,20). The van der Waals surface area contributed by atoms with Crippen LogP contribution in [0.15, 0.2) is 35.1 Å². The number of nitrogens with zero attached hydrogens (tertiary/aromatic N) is 3. The highest BCUT2D eigenvalue weighted by atomic mass is 79.9. The molecule has 0 aliphatic carbocycles. The lowest BCUT2D eigenvalue weighted by atomic mass is 10.2. The van der Waals surface area contributed by atoms with E-state index in [-0.39, 0.29) is 5.82 Å².